The summed E-state index contributed by atoms with van der Waals surface area (Å²) in [4.78, 5) is 12.3. The molecular weight excluding hydrogens is 454 g/mol. The summed E-state index contributed by atoms with van der Waals surface area (Å²) < 4.78 is 45.0. The first-order valence-electron chi connectivity index (χ1n) is 8.83. The van der Waals surface area contributed by atoms with E-state index in [1.807, 2.05) is 0 Å². The summed E-state index contributed by atoms with van der Waals surface area (Å²) in [7, 11) is 0. The van der Waals surface area contributed by atoms with E-state index >= 15 is 0 Å². The first kappa shape index (κ1) is 23.6. The first-order valence-corrected chi connectivity index (χ1v) is 9.97. The van der Waals surface area contributed by atoms with E-state index in [0.29, 0.717) is 24.4 Å². The van der Waals surface area contributed by atoms with Gasteiger partial charge >= 0.3 is 12.2 Å². The van der Waals surface area contributed by atoms with E-state index in [9.17, 15) is 18.0 Å². The smallest absolute Gasteiger partial charge is 0.416 e. The van der Waals surface area contributed by atoms with Gasteiger partial charge in [-0.25, -0.2) is 4.79 Å². The Morgan fingerprint density at radius 1 is 1.17 bits per heavy atom. The van der Waals surface area contributed by atoms with Crippen LogP contribution in [0.4, 0.5) is 18.0 Å². The third-order valence-electron chi connectivity index (χ3n) is 4.04. The molecule has 29 heavy (non-hydrogen) atoms. The number of ether oxygens (including phenoxy) is 1. The van der Waals surface area contributed by atoms with E-state index in [1.54, 1.807) is 6.92 Å². The molecule has 2 aromatic rings. The minimum absolute atomic E-state index is 0.0122. The summed E-state index contributed by atoms with van der Waals surface area (Å²) in [5.41, 5.74) is -0.720. The molecule has 0 saturated carbocycles. The Hall–Kier alpha value is -1.64. The monoisotopic (exact) mass is 471 g/mol. The Bertz CT molecular complexity index is 862. The Morgan fingerprint density at radius 2 is 1.79 bits per heavy atom. The zero-order valence-electron chi connectivity index (χ0n) is 15.7. The van der Waals surface area contributed by atoms with Crippen LogP contribution in [0.2, 0.25) is 15.1 Å². The molecule has 1 aromatic carbocycles. The number of nitrogens with zero attached hydrogens (tertiary/aromatic N) is 2. The van der Waals surface area contributed by atoms with Gasteiger partial charge in [0.2, 0.25) is 0 Å². The highest BCUT2D eigenvalue weighted by molar-refractivity contribution is 6.37. The number of rotatable bonds is 7. The molecule has 1 heterocycles. The topological polar surface area (TPSA) is 56.2 Å². The fraction of sp³-hybridized carbons (Fsp3) is 0.444. The molecule has 0 unspecified atom stereocenters. The summed E-state index contributed by atoms with van der Waals surface area (Å²) >= 11 is 18.0. The van der Waals surface area contributed by atoms with Crippen molar-refractivity contribution in [1.29, 1.82) is 0 Å². The minimum Gasteiger partial charge on any atom is -0.433 e. The van der Waals surface area contributed by atoms with Crippen molar-refractivity contribution in [3.05, 3.63) is 38.5 Å². The van der Waals surface area contributed by atoms with Crippen LogP contribution < -0.4 is 10.1 Å². The maximum absolute atomic E-state index is 12.8. The molecule has 1 amide bonds. The van der Waals surface area contributed by atoms with Gasteiger partial charge in [-0.15, -0.1) is 5.10 Å². The maximum atomic E-state index is 12.8. The molecule has 0 radical (unpaired) electrons. The zero-order chi connectivity index (χ0) is 21.8. The van der Waals surface area contributed by atoms with Gasteiger partial charge in [-0.2, -0.15) is 17.9 Å². The van der Waals surface area contributed by atoms with Crippen LogP contribution in [-0.4, -0.2) is 22.4 Å². The molecule has 5 nitrogen and oxygen atoms in total. The maximum Gasteiger partial charge on any atom is 0.416 e. The van der Waals surface area contributed by atoms with Crippen molar-refractivity contribution in [2.75, 3.05) is 6.54 Å². The fourth-order valence-corrected chi connectivity index (χ4v) is 3.18. The van der Waals surface area contributed by atoms with Gasteiger partial charge in [-0.3, -0.25) is 0 Å². The molecule has 1 aromatic heterocycles. The molecule has 0 spiro atoms. The van der Waals surface area contributed by atoms with Crippen LogP contribution in [-0.2, 0) is 6.18 Å². The number of amides is 1. The summed E-state index contributed by atoms with van der Waals surface area (Å²) in [6.07, 6.45) is -0.633. The van der Waals surface area contributed by atoms with Crippen LogP contribution in [0.25, 0.3) is 0 Å². The largest absolute Gasteiger partial charge is 0.433 e. The third-order valence-corrected chi connectivity index (χ3v) is 5.03. The average Bonchev–Trinajstić information content (AvgIpc) is 2.92. The van der Waals surface area contributed by atoms with Gasteiger partial charge in [0.1, 0.15) is 5.02 Å². The molecule has 0 aliphatic heterocycles. The second-order valence-electron chi connectivity index (χ2n) is 6.28. The predicted octanol–water partition coefficient (Wildman–Crippen LogP) is 7.10. The van der Waals surface area contributed by atoms with Crippen molar-refractivity contribution in [2.24, 2.45) is 0 Å². The normalized spacial score (nSPS) is 11.6. The molecule has 11 heteroatoms. The number of carbonyl (C=O) groups excluding carboxylic acids is 1. The van der Waals surface area contributed by atoms with E-state index in [-0.39, 0.29) is 26.7 Å². The van der Waals surface area contributed by atoms with E-state index in [2.05, 4.69) is 17.3 Å². The predicted molar refractivity (Wildman–Crippen MR) is 106 cm³/mol. The number of unbranched alkanes of at least 4 members (excludes halogenated alkanes) is 3. The number of alkyl halides is 3. The number of carbonyl (C=O) groups is 1. The van der Waals surface area contributed by atoms with Gasteiger partial charge < -0.3 is 10.1 Å². The quantitative estimate of drug-likeness (QED) is 0.437. The lowest BCUT2D eigenvalue weighted by atomic mass is 10.2. The fourth-order valence-electron chi connectivity index (χ4n) is 2.46. The second-order valence-corrected chi connectivity index (χ2v) is 7.47. The molecule has 160 valence electrons. The van der Waals surface area contributed by atoms with E-state index < -0.39 is 17.8 Å². The van der Waals surface area contributed by atoms with Gasteiger partial charge in [0, 0.05) is 6.54 Å². The van der Waals surface area contributed by atoms with Gasteiger partial charge in [-0.1, -0.05) is 61.0 Å². The molecule has 2 rings (SSSR count). The number of benzene rings is 1. The van der Waals surface area contributed by atoms with Gasteiger partial charge in [0.05, 0.1) is 21.3 Å². The number of hydrogen-bond acceptors (Lipinski definition) is 3. The first-order chi connectivity index (χ1) is 13.6. The van der Waals surface area contributed by atoms with E-state index in [1.165, 1.54) is 0 Å². The van der Waals surface area contributed by atoms with Crippen LogP contribution in [0.5, 0.6) is 11.6 Å². The van der Waals surface area contributed by atoms with Crippen molar-refractivity contribution in [1.82, 2.24) is 15.1 Å². The minimum atomic E-state index is -4.61. The Balaban J connectivity index is 2.19. The van der Waals surface area contributed by atoms with Crippen molar-refractivity contribution >= 4 is 40.8 Å². The lowest BCUT2D eigenvalue weighted by molar-refractivity contribution is -0.137. The summed E-state index contributed by atoms with van der Waals surface area (Å²) in [6, 6.07) is 0.868. The van der Waals surface area contributed by atoms with Crippen LogP contribution in [0.3, 0.4) is 0 Å². The standard InChI is InChI=1S/C18H19Cl3F3N3O2/c1-3-4-5-6-7-25-17(28)27-10(2)14(21)16(26-27)29-15-12(19)8-11(9-13(15)20)18(22,23)24/h8-9H,3-7H2,1-2H3,(H,25,28). The van der Waals surface area contributed by atoms with Crippen molar-refractivity contribution in [3.8, 4) is 11.6 Å². The van der Waals surface area contributed by atoms with E-state index in [0.717, 1.165) is 30.4 Å². The molecular formula is C18H19Cl3F3N3O2. The highest BCUT2D eigenvalue weighted by Gasteiger charge is 2.32. The van der Waals surface area contributed by atoms with Gasteiger partial charge in [0.25, 0.3) is 5.88 Å². The molecule has 0 bridgehead atoms. The van der Waals surface area contributed by atoms with Gasteiger partial charge in [0.15, 0.2) is 5.75 Å². The highest BCUT2D eigenvalue weighted by atomic mass is 35.5. The lowest BCUT2D eigenvalue weighted by Gasteiger charge is -2.12. The van der Waals surface area contributed by atoms with Crippen LogP contribution in [0, 0.1) is 6.92 Å². The molecule has 0 atom stereocenters. The SMILES string of the molecule is CCCCCCNC(=O)n1nc(Oc2c(Cl)cc(C(F)(F)F)cc2Cl)c(Cl)c1C. The summed E-state index contributed by atoms with van der Waals surface area (Å²) in [6.45, 7) is 4.11. The molecule has 0 aliphatic rings. The Labute approximate surface area is 181 Å². The molecule has 1 N–H and O–H groups in total. The highest BCUT2D eigenvalue weighted by Crippen LogP contribution is 2.42. The summed E-state index contributed by atoms with van der Waals surface area (Å²) in [5, 5.41) is 5.98. The Kier molecular flexibility index (Phi) is 8.08. The lowest BCUT2D eigenvalue weighted by Crippen LogP contribution is -2.30. The van der Waals surface area contributed by atoms with Crippen molar-refractivity contribution in [2.45, 2.75) is 45.7 Å². The number of nitrogens with one attached hydrogen (secondary N) is 1. The number of halogens is 6. The molecule has 0 saturated heterocycles. The summed E-state index contributed by atoms with van der Waals surface area (Å²) in [5.74, 6) is -0.443. The van der Waals surface area contributed by atoms with Crippen LogP contribution in [0.15, 0.2) is 12.1 Å². The zero-order valence-corrected chi connectivity index (χ0v) is 17.9. The van der Waals surface area contributed by atoms with Crippen molar-refractivity contribution in [3.63, 3.8) is 0 Å². The van der Waals surface area contributed by atoms with Gasteiger partial charge in [-0.05, 0) is 25.5 Å². The average molecular weight is 473 g/mol. The van der Waals surface area contributed by atoms with Crippen molar-refractivity contribution < 1.29 is 22.7 Å². The Morgan fingerprint density at radius 3 is 2.34 bits per heavy atom. The third kappa shape index (κ3) is 5.93. The second kappa shape index (κ2) is 9.91. The number of aromatic nitrogens is 2. The van der Waals surface area contributed by atoms with Crippen LogP contribution in [0.1, 0.15) is 43.9 Å². The number of hydrogen-bond donors (Lipinski definition) is 1. The van der Waals surface area contributed by atoms with E-state index in [4.69, 9.17) is 39.5 Å². The van der Waals surface area contributed by atoms with Crippen LogP contribution >= 0.6 is 34.8 Å². The molecule has 0 aliphatic carbocycles. The molecule has 0 fully saturated rings.